The summed E-state index contributed by atoms with van der Waals surface area (Å²) in [5.41, 5.74) is 1.09. The lowest BCUT2D eigenvalue weighted by Gasteiger charge is -2.51. The minimum atomic E-state index is -3.68. The number of hydroxylamine groups is 2. The summed E-state index contributed by atoms with van der Waals surface area (Å²) >= 11 is 0. The average Bonchev–Trinajstić information content (AvgIpc) is 3.07. The molecule has 2 unspecified atom stereocenters. The maximum absolute atomic E-state index is 14.2. The van der Waals surface area contributed by atoms with E-state index in [0.717, 1.165) is 18.4 Å². The Labute approximate surface area is 233 Å². The fraction of sp³-hybridized carbons (Fsp3) is 0.667. The van der Waals surface area contributed by atoms with Gasteiger partial charge in [0.15, 0.2) is 0 Å². The number of unbranched alkanes of at least 4 members (excludes halogenated alkanes) is 2. The van der Waals surface area contributed by atoms with E-state index in [0.29, 0.717) is 35.8 Å². The Hall–Kier alpha value is -1.91. The predicted molar refractivity (Wildman–Crippen MR) is 158 cm³/mol. The number of amidine groups is 1. The first-order valence-electron chi connectivity index (χ1n) is 13.4. The lowest BCUT2D eigenvalue weighted by Crippen LogP contribution is -2.60. The molecule has 0 fully saturated rings. The van der Waals surface area contributed by atoms with Gasteiger partial charge in [-0.05, 0) is 63.1 Å². The normalized spacial score (nSPS) is 24.0. The molecule has 2 N–H and O–H groups in total. The molecular formula is C27H45N4O6PS. The van der Waals surface area contributed by atoms with Gasteiger partial charge in [-0.2, -0.15) is 9.77 Å². The van der Waals surface area contributed by atoms with Crippen LogP contribution >= 0.6 is 7.52 Å². The highest BCUT2D eigenvalue weighted by Crippen LogP contribution is 2.52. The first-order chi connectivity index (χ1) is 17.8. The summed E-state index contributed by atoms with van der Waals surface area (Å²) in [7, 11) is -5.31. The number of hydrogen-bond donors (Lipinski definition) is 2. The van der Waals surface area contributed by atoms with Crippen molar-refractivity contribution in [1.29, 1.82) is 0 Å². The fourth-order valence-corrected chi connectivity index (χ4v) is 7.29. The van der Waals surface area contributed by atoms with Gasteiger partial charge in [0.05, 0.1) is 16.5 Å². The number of sulfone groups is 1. The number of nitrogens with zero attached hydrogens (tertiary/aromatic N) is 3. The third-order valence-corrected chi connectivity index (χ3v) is 9.92. The molecule has 0 amide bonds. The minimum absolute atomic E-state index is 0.0460. The van der Waals surface area contributed by atoms with Crippen LogP contribution in [0.5, 0.6) is 0 Å². The zero-order chi connectivity index (χ0) is 29.4. The Bertz CT molecular complexity index is 1300. The molecule has 0 bridgehead atoms. The lowest BCUT2D eigenvalue weighted by molar-refractivity contribution is -0.987. The zero-order valence-corrected chi connectivity index (χ0v) is 26.3. The molecule has 2 atom stereocenters. The van der Waals surface area contributed by atoms with Crippen molar-refractivity contribution in [3.05, 3.63) is 40.4 Å². The smallest absolute Gasteiger partial charge is 0.348 e. The first kappa shape index (κ1) is 31.6. The number of nitrogens with one attached hydrogen (secondary N) is 1. The molecule has 220 valence electrons. The molecule has 0 spiro atoms. The molecule has 0 saturated heterocycles. The Morgan fingerprint density at radius 1 is 1.18 bits per heavy atom. The first-order valence-corrected chi connectivity index (χ1v) is 17.1. The van der Waals surface area contributed by atoms with Crippen molar-refractivity contribution in [2.75, 3.05) is 37.5 Å². The molecule has 12 heteroatoms. The summed E-state index contributed by atoms with van der Waals surface area (Å²) in [6.45, 7) is 12.1. The van der Waals surface area contributed by atoms with Crippen molar-refractivity contribution in [2.45, 2.75) is 79.2 Å². The maximum Gasteiger partial charge on any atom is 0.348 e. The number of aliphatic hydroxyl groups is 1. The number of quaternary nitrogens is 1. The van der Waals surface area contributed by atoms with Crippen LogP contribution in [0.25, 0.3) is 0 Å². The van der Waals surface area contributed by atoms with Gasteiger partial charge in [-0.3, -0.25) is 4.57 Å². The van der Waals surface area contributed by atoms with Gasteiger partial charge < -0.3 is 20.2 Å². The van der Waals surface area contributed by atoms with Crippen molar-refractivity contribution in [3.8, 4) is 0 Å². The molecule has 1 aromatic carbocycles. The van der Waals surface area contributed by atoms with E-state index in [1.165, 1.54) is 18.4 Å². The molecular weight excluding hydrogens is 539 g/mol. The summed E-state index contributed by atoms with van der Waals surface area (Å²) < 4.78 is 45.8. The summed E-state index contributed by atoms with van der Waals surface area (Å²) in [4.78, 5) is 0. The second-order valence-electron chi connectivity index (χ2n) is 12.9. The molecule has 0 radical (unpaired) electrons. The quantitative estimate of drug-likeness (QED) is 0.164. The number of anilines is 1. The van der Waals surface area contributed by atoms with E-state index in [2.05, 4.69) is 30.9 Å². The van der Waals surface area contributed by atoms with Crippen LogP contribution < -0.4 is 10.6 Å². The Morgan fingerprint density at radius 2 is 1.85 bits per heavy atom. The van der Waals surface area contributed by atoms with E-state index in [-0.39, 0.29) is 36.0 Å². The molecule has 0 saturated carbocycles. The van der Waals surface area contributed by atoms with Gasteiger partial charge in [-0.15, -0.1) is 0 Å². The summed E-state index contributed by atoms with van der Waals surface area (Å²) in [5.74, 6) is 0.181. The maximum atomic E-state index is 14.2. The van der Waals surface area contributed by atoms with Crippen LogP contribution in [0.4, 0.5) is 5.69 Å². The molecule has 39 heavy (non-hydrogen) atoms. The monoisotopic (exact) mass is 584 g/mol. The van der Waals surface area contributed by atoms with Crippen LogP contribution in [-0.2, 0) is 25.3 Å². The Kier molecular flexibility index (Phi) is 9.05. The largest absolute Gasteiger partial charge is 0.606 e. The van der Waals surface area contributed by atoms with E-state index in [1.807, 2.05) is 39.0 Å². The summed E-state index contributed by atoms with van der Waals surface area (Å²) in [5, 5.41) is 30.6. The highest BCUT2D eigenvalue weighted by molar-refractivity contribution is 7.90. The predicted octanol–water partition coefficient (Wildman–Crippen LogP) is 5.28. The SMILES string of the molecule is COP1(=O)N=C(C2=C(O)N(C(C)(C)C)[N+]([O-])(CCC(C)(C)C)C2)Nc2ccc(CCCCCS(C)(=O)=O)cc21. The molecule has 0 aromatic heterocycles. The van der Waals surface area contributed by atoms with Gasteiger partial charge in [-0.25, -0.2) is 13.2 Å². The van der Waals surface area contributed by atoms with E-state index >= 15 is 0 Å². The van der Waals surface area contributed by atoms with E-state index in [4.69, 9.17) is 4.52 Å². The standard InChI is InChI=1S/C27H45N4O6PS/c1-26(2,3)15-16-31(33)19-21(25(32)30(31)27(4,5)6)24-28-22-14-13-20(12-10-9-11-17-39(8,35)36)18-23(22)38(34,29-24)37-7/h13-14,18,32H,9-12,15-17,19H2,1-8H3,(H,28,29,34). The molecule has 1 aromatic rings. The Morgan fingerprint density at radius 3 is 2.41 bits per heavy atom. The summed E-state index contributed by atoms with van der Waals surface area (Å²) in [6, 6.07) is 5.55. The van der Waals surface area contributed by atoms with Crippen LogP contribution in [0.1, 0.15) is 72.8 Å². The van der Waals surface area contributed by atoms with Crippen molar-refractivity contribution in [2.24, 2.45) is 10.2 Å². The van der Waals surface area contributed by atoms with E-state index in [9.17, 15) is 23.3 Å². The van der Waals surface area contributed by atoms with Gasteiger partial charge in [0.1, 0.15) is 34.3 Å². The van der Waals surface area contributed by atoms with E-state index < -0.39 is 27.7 Å². The number of rotatable bonds is 10. The third kappa shape index (κ3) is 7.64. The molecule has 2 aliphatic rings. The van der Waals surface area contributed by atoms with Gasteiger partial charge in [0, 0.05) is 25.5 Å². The average molecular weight is 585 g/mol. The highest BCUT2D eigenvalue weighted by atomic mass is 32.2. The Balaban J connectivity index is 1.88. The third-order valence-electron chi connectivity index (χ3n) is 6.95. The molecule has 3 rings (SSSR count). The second kappa shape index (κ2) is 11.2. The number of benzene rings is 1. The van der Waals surface area contributed by atoms with Crippen molar-refractivity contribution in [3.63, 3.8) is 0 Å². The number of aliphatic hydroxyl groups excluding tert-OH is 1. The lowest BCUT2D eigenvalue weighted by atomic mass is 9.92. The minimum Gasteiger partial charge on any atom is -0.606 e. The topological polar surface area (TPSA) is 131 Å². The van der Waals surface area contributed by atoms with Crippen LogP contribution in [-0.4, -0.2) is 66.9 Å². The van der Waals surface area contributed by atoms with Crippen LogP contribution in [0, 0.1) is 10.6 Å². The van der Waals surface area contributed by atoms with Gasteiger partial charge >= 0.3 is 7.52 Å². The highest BCUT2D eigenvalue weighted by Gasteiger charge is 2.48. The van der Waals surface area contributed by atoms with Gasteiger partial charge in [0.25, 0.3) is 0 Å². The van der Waals surface area contributed by atoms with Gasteiger partial charge in [0.2, 0.25) is 5.88 Å². The van der Waals surface area contributed by atoms with Crippen molar-refractivity contribution < 1.29 is 27.4 Å². The van der Waals surface area contributed by atoms with Crippen molar-refractivity contribution >= 4 is 34.2 Å². The second-order valence-corrected chi connectivity index (χ2v) is 17.2. The number of fused-ring (bicyclic) bond motifs is 1. The molecule has 10 nitrogen and oxygen atoms in total. The molecule has 0 aliphatic carbocycles. The zero-order valence-electron chi connectivity index (χ0n) is 24.6. The number of aryl methyl sites for hydroxylation is 1. The summed E-state index contributed by atoms with van der Waals surface area (Å²) in [6.07, 6.45) is 4.78. The van der Waals surface area contributed by atoms with Crippen LogP contribution in [0.15, 0.2) is 34.4 Å². The fourth-order valence-electron chi connectivity index (χ4n) is 4.98. The molecule has 2 heterocycles. The van der Waals surface area contributed by atoms with E-state index in [1.54, 1.807) is 0 Å². The molecule has 2 aliphatic heterocycles. The van der Waals surface area contributed by atoms with Crippen molar-refractivity contribution in [1.82, 2.24) is 5.01 Å². The van der Waals surface area contributed by atoms with Gasteiger partial charge in [-0.1, -0.05) is 33.3 Å². The number of hydrogen-bond acceptors (Lipinski definition) is 8. The van der Waals surface area contributed by atoms with Crippen LogP contribution in [0.3, 0.4) is 0 Å². The van der Waals surface area contributed by atoms with Crippen LogP contribution in [0.2, 0.25) is 0 Å².